The number of carbonyl (C=O) groups is 1. The predicted molar refractivity (Wildman–Crippen MR) is 105 cm³/mol. The van der Waals surface area contributed by atoms with Crippen LogP contribution in [-0.2, 0) is 4.74 Å². The molecule has 7 heteroatoms. The van der Waals surface area contributed by atoms with Gasteiger partial charge >= 0.3 is 6.09 Å². The molecule has 0 aliphatic rings. The first kappa shape index (κ1) is 19.5. The maximum atomic E-state index is 11.7. The molecule has 26 heavy (non-hydrogen) atoms. The van der Waals surface area contributed by atoms with Crippen molar-refractivity contribution in [3.63, 3.8) is 0 Å². The fraction of sp³-hybridized carbons (Fsp3) is 0.421. The van der Waals surface area contributed by atoms with Crippen LogP contribution >= 0.6 is 0 Å². The Morgan fingerprint density at radius 3 is 2.08 bits per heavy atom. The molecule has 0 spiro atoms. The van der Waals surface area contributed by atoms with Gasteiger partial charge in [-0.15, -0.1) is 10.2 Å². The van der Waals surface area contributed by atoms with Crippen molar-refractivity contribution in [1.82, 2.24) is 10.2 Å². The monoisotopic (exact) mass is 357 g/mol. The van der Waals surface area contributed by atoms with Crippen LogP contribution in [0, 0.1) is 0 Å². The molecule has 2 aromatic rings. The number of amides is 1. The normalized spacial score (nSPS) is 11.0. The second-order valence-electron chi connectivity index (χ2n) is 6.77. The van der Waals surface area contributed by atoms with Gasteiger partial charge in [0.25, 0.3) is 0 Å². The summed E-state index contributed by atoms with van der Waals surface area (Å²) in [5.74, 6) is 0.928. The lowest BCUT2D eigenvalue weighted by Gasteiger charge is -2.21. The quantitative estimate of drug-likeness (QED) is 0.797. The summed E-state index contributed by atoms with van der Waals surface area (Å²) in [5, 5.41) is 13.8. The molecule has 2 rings (SSSR count). The molecule has 0 radical (unpaired) electrons. The van der Waals surface area contributed by atoms with E-state index >= 15 is 0 Å². The Bertz CT molecular complexity index is 704. The molecule has 1 amide bonds. The molecule has 0 atom stereocenters. The van der Waals surface area contributed by atoms with E-state index < -0.39 is 11.7 Å². The van der Waals surface area contributed by atoms with E-state index in [2.05, 4.69) is 51.7 Å². The molecule has 1 heterocycles. The number of hydrogen-bond donors (Lipinski definition) is 2. The van der Waals surface area contributed by atoms with Gasteiger partial charge in [-0.25, -0.2) is 4.79 Å². The molecule has 7 nitrogen and oxygen atoms in total. The van der Waals surface area contributed by atoms with Crippen LogP contribution in [0.5, 0.6) is 0 Å². The third-order valence-corrected chi connectivity index (χ3v) is 3.56. The molecule has 1 aromatic carbocycles. The summed E-state index contributed by atoms with van der Waals surface area (Å²) in [6.45, 7) is 11.6. The molecule has 0 saturated carbocycles. The van der Waals surface area contributed by atoms with E-state index in [-0.39, 0.29) is 0 Å². The van der Waals surface area contributed by atoms with E-state index in [1.165, 1.54) is 5.69 Å². The first-order chi connectivity index (χ1) is 12.3. The van der Waals surface area contributed by atoms with E-state index in [4.69, 9.17) is 4.74 Å². The first-order valence-corrected chi connectivity index (χ1v) is 8.76. The molecule has 1 aromatic heterocycles. The Morgan fingerprint density at radius 1 is 1.00 bits per heavy atom. The van der Waals surface area contributed by atoms with E-state index in [0.29, 0.717) is 11.6 Å². The Labute approximate surface area is 154 Å². The molecule has 140 valence electrons. The molecular formula is C19H27N5O2. The fourth-order valence-corrected chi connectivity index (χ4v) is 2.37. The Balaban J connectivity index is 1.95. The number of hydrogen-bond acceptors (Lipinski definition) is 6. The molecule has 0 saturated heterocycles. The van der Waals surface area contributed by atoms with Gasteiger partial charge < -0.3 is 15.0 Å². The van der Waals surface area contributed by atoms with E-state index in [0.717, 1.165) is 18.8 Å². The van der Waals surface area contributed by atoms with Gasteiger partial charge in [0.2, 0.25) is 0 Å². The lowest BCUT2D eigenvalue weighted by atomic mass is 10.2. The maximum absolute atomic E-state index is 11.7. The van der Waals surface area contributed by atoms with Gasteiger partial charge in [-0.1, -0.05) is 0 Å². The molecule has 2 N–H and O–H groups in total. The molecule has 0 aliphatic carbocycles. The minimum Gasteiger partial charge on any atom is -0.444 e. The number of anilines is 4. The van der Waals surface area contributed by atoms with Gasteiger partial charge in [0.15, 0.2) is 11.6 Å². The van der Waals surface area contributed by atoms with Crippen LogP contribution in [0.25, 0.3) is 0 Å². The molecule has 0 bridgehead atoms. The Morgan fingerprint density at radius 2 is 1.58 bits per heavy atom. The van der Waals surface area contributed by atoms with Crippen molar-refractivity contribution in [3.05, 3.63) is 36.4 Å². The highest BCUT2D eigenvalue weighted by Gasteiger charge is 2.16. The first-order valence-electron chi connectivity index (χ1n) is 8.76. The van der Waals surface area contributed by atoms with Gasteiger partial charge in [-0.3, -0.25) is 5.32 Å². The SMILES string of the molecule is CCN(CC)c1ccc(Nc2ccc(NC(=O)OC(C)(C)C)nn2)cc1. The number of benzene rings is 1. The predicted octanol–water partition coefficient (Wildman–Crippen LogP) is 4.41. The number of nitrogens with zero attached hydrogens (tertiary/aromatic N) is 3. The third kappa shape index (κ3) is 5.91. The molecule has 0 fully saturated rings. The number of aromatic nitrogens is 2. The summed E-state index contributed by atoms with van der Waals surface area (Å²) in [6, 6.07) is 11.6. The summed E-state index contributed by atoms with van der Waals surface area (Å²) in [4.78, 5) is 14.0. The minimum absolute atomic E-state index is 0.335. The summed E-state index contributed by atoms with van der Waals surface area (Å²) < 4.78 is 5.18. The number of rotatable bonds is 6. The number of carbonyl (C=O) groups excluding carboxylic acids is 1. The van der Waals surface area contributed by atoms with Crippen LogP contribution in [0.2, 0.25) is 0 Å². The van der Waals surface area contributed by atoms with Crippen molar-refractivity contribution in [2.24, 2.45) is 0 Å². The second kappa shape index (κ2) is 8.51. The fourth-order valence-electron chi connectivity index (χ4n) is 2.37. The number of ether oxygens (including phenoxy) is 1. The van der Waals surface area contributed by atoms with E-state index in [1.54, 1.807) is 32.9 Å². The van der Waals surface area contributed by atoms with E-state index in [1.807, 2.05) is 12.1 Å². The zero-order valence-corrected chi connectivity index (χ0v) is 16.0. The summed E-state index contributed by atoms with van der Waals surface area (Å²) >= 11 is 0. The Kier molecular flexibility index (Phi) is 6.38. The van der Waals surface area contributed by atoms with Gasteiger partial charge in [0, 0.05) is 24.5 Å². The smallest absolute Gasteiger partial charge is 0.413 e. The summed E-state index contributed by atoms with van der Waals surface area (Å²) in [5.41, 5.74) is 1.54. The Hall–Kier alpha value is -2.83. The highest BCUT2D eigenvalue weighted by Crippen LogP contribution is 2.20. The van der Waals surface area contributed by atoms with Crippen molar-refractivity contribution >= 4 is 29.1 Å². The summed E-state index contributed by atoms with van der Waals surface area (Å²) in [6.07, 6.45) is -0.556. The molecule has 0 aliphatic heterocycles. The highest BCUT2D eigenvalue weighted by molar-refractivity contribution is 5.83. The molecular weight excluding hydrogens is 330 g/mol. The highest BCUT2D eigenvalue weighted by atomic mass is 16.6. The average Bonchev–Trinajstić information content (AvgIpc) is 2.57. The molecule has 0 unspecified atom stereocenters. The third-order valence-electron chi connectivity index (χ3n) is 3.56. The van der Waals surface area contributed by atoms with Crippen LogP contribution in [0.4, 0.5) is 27.8 Å². The van der Waals surface area contributed by atoms with Crippen LogP contribution in [-0.4, -0.2) is 35.0 Å². The zero-order valence-electron chi connectivity index (χ0n) is 16.0. The second-order valence-corrected chi connectivity index (χ2v) is 6.77. The average molecular weight is 357 g/mol. The van der Waals surface area contributed by atoms with Crippen molar-refractivity contribution in [2.75, 3.05) is 28.6 Å². The van der Waals surface area contributed by atoms with E-state index in [9.17, 15) is 4.79 Å². The topological polar surface area (TPSA) is 79.4 Å². The van der Waals surface area contributed by atoms with Crippen molar-refractivity contribution in [3.8, 4) is 0 Å². The summed E-state index contributed by atoms with van der Waals surface area (Å²) in [7, 11) is 0. The minimum atomic E-state index is -0.559. The lowest BCUT2D eigenvalue weighted by molar-refractivity contribution is 0.0635. The van der Waals surface area contributed by atoms with Crippen LogP contribution in [0.3, 0.4) is 0 Å². The van der Waals surface area contributed by atoms with Gasteiger partial charge in [0.05, 0.1) is 0 Å². The van der Waals surface area contributed by atoms with Gasteiger partial charge in [0.1, 0.15) is 5.60 Å². The van der Waals surface area contributed by atoms with Crippen LogP contribution in [0.1, 0.15) is 34.6 Å². The van der Waals surface area contributed by atoms with Gasteiger partial charge in [-0.05, 0) is 71.0 Å². The maximum Gasteiger partial charge on any atom is 0.413 e. The van der Waals surface area contributed by atoms with Gasteiger partial charge in [-0.2, -0.15) is 0 Å². The van der Waals surface area contributed by atoms with Crippen molar-refractivity contribution < 1.29 is 9.53 Å². The van der Waals surface area contributed by atoms with Crippen LogP contribution < -0.4 is 15.5 Å². The zero-order chi connectivity index (χ0) is 19.2. The standard InChI is InChI=1S/C19H27N5O2/c1-6-24(7-2)15-10-8-14(9-11-15)20-16-12-13-17(23-22-16)21-18(25)26-19(3,4)5/h8-13H,6-7H2,1-5H3,(H,20,22)(H,21,23,25). The van der Waals surface area contributed by atoms with Crippen molar-refractivity contribution in [1.29, 1.82) is 0 Å². The van der Waals surface area contributed by atoms with Crippen LogP contribution in [0.15, 0.2) is 36.4 Å². The van der Waals surface area contributed by atoms with Crippen molar-refractivity contribution in [2.45, 2.75) is 40.2 Å². The number of nitrogens with one attached hydrogen (secondary N) is 2. The largest absolute Gasteiger partial charge is 0.444 e. The lowest BCUT2D eigenvalue weighted by Crippen LogP contribution is -2.27.